The van der Waals surface area contributed by atoms with Gasteiger partial charge in [-0.2, -0.15) is 0 Å². The molecule has 1 spiro atoms. The molecule has 0 unspecified atom stereocenters. The highest BCUT2D eigenvalue weighted by atomic mass is 16.5. The Labute approximate surface area is 615 Å². The second kappa shape index (κ2) is 21.5. The quantitative estimate of drug-likeness (QED) is 0.161. The van der Waals surface area contributed by atoms with Crippen molar-refractivity contribution in [2.45, 2.75) is 110 Å². The molecule has 6 heterocycles. The van der Waals surface area contributed by atoms with Crippen LogP contribution in [0.1, 0.15) is 150 Å². The van der Waals surface area contributed by atoms with Crippen LogP contribution in [0, 0.1) is 0 Å². The van der Waals surface area contributed by atoms with E-state index >= 15 is 0 Å². The zero-order chi connectivity index (χ0) is 82.9. The molecule has 6 heteroatoms. The molecule has 0 aliphatic carbocycles. The number of nitrogens with zero attached hydrogens (tertiary/aromatic N) is 4. The molecule has 0 atom stereocenters. The topological polar surface area (TPSA) is 27.3 Å². The molecule has 0 saturated heterocycles. The first-order chi connectivity index (χ1) is 55.3. The Morgan fingerprint density at radius 2 is 0.762 bits per heavy atom. The molecule has 5 nitrogen and oxygen atoms in total. The van der Waals surface area contributed by atoms with Crippen LogP contribution in [-0.2, 0) is 27.1 Å². The standard InChI is InChI=1S/C95H81BN4O/c1-91(2,3)59-27-25-26-58(50-59)70-51-60(92(4,5)6)40-47-83(70)100-86-56-64(98-84-48-41-61(93(7,8)9)52-71(84)72-53-62(94(10,11)12)42-49-85(72)98)44-46-78(86)96-77-45-43-63(97-79-34-19-13-28-66(79)67-29-14-20-35-80(67)97)54-75(77)95(73-32-17-23-38-88(73)101-89-39-24-18-33-74(89)95)76-55-65(57-87(100)90(76)96)99-81-36-21-15-30-68(81)69-31-16-22-37-82(69)99/h13-57H,1-12H3/i13D,14D,15D,16D,19D,20D,21D,22D,28D,29D,30D,31D,34D,35D,36D,37D. The molecule has 3 aromatic heterocycles. The molecule has 0 saturated carbocycles. The summed E-state index contributed by atoms with van der Waals surface area (Å²) in [5.41, 5.74) is 13.6. The van der Waals surface area contributed by atoms with Gasteiger partial charge in [0.05, 0.1) is 66.1 Å². The highest BCUT2D eigenvalue weighted by molar-refractivity contribution is 6.99. The number of anilines is 3. The first-order valence-corrected chi connectivity index (χ1v) is 34.8. The van der Waals surface area contributed by atoms with Crippen LogP contribution >= 0.6 is 0 Å². The summed E-state index contributed by atoms with van der Waals surface area (Å²) in [5, 5.41) is 1.75. The van der Waals surface area contributed by atoms with Gasteiger partial charge in [-0.15, -0.1) is 0 Å². The smallest absolute Gasteiger partial charge is 0.247 e. The molecule has 0 fully saturated rings. The molecule has 3 aliphatic rings. The van der Waals surface area contributed by atoms with Gasteiger partial charge < -0.3 is 23.3 Å². The van der Waals surface area contributed by atoms with Crippen LogP contribution in [0.2, 0.25) is 0 Å². The third-order valence-corrected chi connectivity index (χ3v) is 21.7. The van der Waals surface area contributed by atoms with Crippen LogP contribution in [0.4, 0.5) is 17.1 Å². The van der Waals surface area contributed by atoms with Crippen molar-refractivity contribution in [2.75, 3.05) is 4.90 Å². The summed E-state index contributed by atoms with van der Waals surface area (Å²) in [4.78, 5) is 2.33. The summed E-state index contributed by atoms with van der Waals surface area (Å²) in [5.74, 6) is 0.912. The Morgan fingerprint density at radius 1 is 0.327 bits per heavy atom. The van der Waals surface area contributed by atoms with Gasteiger partial charge in [0.2, 0.25) is 6.71 Å². The maximum absolute atomic E-state index is 10.2. The predicted molar refractivity (Wildman–Crippen MR) is 427 cm³/mol. The maximum atomic E-state index is 10.2. The zero-order valence-electron chi connectivity index (χ0n) is 74.5. The Kier molecular flexibility index (Phi) is 9.84. The van der Waals surface area contributed by atoms with E-state index in [1.807, 2.05) is 78.9 Å². The largest absolute Gasteiger partial charge is 0.457 e. The van der Waals surface area contributed by atoms with Crippen molar-refractivity contribution < 1.29 is 26.7 Å². The number of para-hydroxylation sites is 6. The lowest BCUT2D eigenvalue weighted by Crippen LogP contribution is -2.65. The van der Waals surface area contributed by atoms with Gasteiger partial charge in [0, 0.05) is 77.4 Å². The Bertz CT molecular complexity index is 6940. The van der Waals surface area contributed by atoms with Crippen molar-refractivity contribution in [3.63, 3.8) is 0 Å². The zero-order valence-corrected chi connectivity index (χ0v) is 58.5. The Morgan fingerprint density at radius 3 is 1.30 bits per heavy atom. The minimum Gasteiger partial charge on any atom is -0.457 e. The van der Waals surface area contributed by atoms with Gasteiger partial charge in [-0.1, -0.05) is 252 Å². The number of hydrogen-bond donors (Lipinski definition) is 0. The van der Waals surface area contributed by atoms with Gasteiger partial charge in [-0.25, -0.2) is 0 Å². The van der Waals surface area contributed by atoms with Crippen LogP contribution < -0.4 is 26.0 Å². The summed E-state index contributed by atoms with van der Waals surface area (Å²) in [6.45, 7) is 25.8. The summed E-state index contributed by atoms with van der Waals surface area (Å²) in [7, 11) is 0. The number of rotatable bonds is 5. The van der Waals surface area contributed by atoms with Crippen molar-refractivity contribution in [3.05, 3.63) is 317 Å². The molecule has 0 N–H and O–H groups in total. The van der Waals surface area contributed by atoms with Crippen LogP contribution in [0.15, 0.2) is 273 Å². The molecule has 0 amide bonds. The average Bonchev–Trinajstić information content (AvgIpc) is 0.845. The number of hydrogen-bond acceptors (Lipinski definition) is 2. The van der Waals surface area contributed by atoms with Crippen LogP contribution in [0.3, 0.4) is 0 Å². The summed E-state index contributed by atoms with van der Waals surface area (Å²) in [6, 6.07) is 52.4. The Balaban J connectivity index is 1.06. The monoisotopic (exact) mass is 1320 g/mol. The second-order valence-electron chi connectivity index (χ2n) is 31.7. The lowest BCUT2D eigenvalue weighted by molar-refractivity contribution is 0.435. The van der Waals surface area contributed by atoms with E-state index in [4.69, 9.17) is 7.48 Å². The van der Waals surface area contributed by atoms with Crippen molar-refractivity contribution in [1.29, 1.82) is 0 Å². The minimum absolute atomic E-state index is 0.0760. The highest BCUT2D eigenvalue weighted by Crippen LogP contribution is 2.59. The molecule has 16 aromatic rings. The second-order valence-corrected chi connectivity index (χ2v) is 31.7. The van der Waals surface area contributed by atoms with Crippen molar-refractivity contribution >= 4 is 106 Å². The van der Waals surface area contributed by atoms with E-state index in [0.717, 1.165) is 77.5 Å². The van der Waals surface area contributed by atoms with E-state index < -0.39 is 109 Å². The first kappa shape index (κ1) is 46.3. The fourth-order valence-corrected chi connectivity index (χ4v) is 16.7. The van der Waals surface area contributed by atoms with Gasteiger partial charge >= 0.3 is 0 Å². The predicted octanol–water partition coefficient (Wildman–Crippen LogP) is 22.9. The third-order valence-electron chi connectivity index (χ3n) is 21.7. The van der Waals surface area contributed by atoms with Gasteiger partial charge in [0.1, 0.15) is 11.5 Å². The van der Waals surface area contributed by atoms with Crippen molar-refractivity contribution in [2.24, 2.45) is 0 Å². The van der Waals surface area contributed by atoms with Gasteiger partial charge in [0.15, 0.2) is 0 Å². The van der Waals surface area contributed by atoms with Crippen molar-refractivity contribution in [1.82, 2.24) is 13.7 Å². The molecule has 0 radical (unpaired) electrons. The molecular weight excluding hydrogens is 1220 g/mol. The number of aromatic nitrogens is 3. The fourth-order valence-electron chi connectivity index (χ4n) is 16.7. The minimum atomic E-state index is -1.61. The maximum Gasteiger partial charge on any atom is 0.247 e. The molecule has 490 valence electrons. The number of ether oxygens (including phenoxy) is 1. The normalized spacial score (nSPS) is 16.3. The van der Waals surface area contributed by atoms with Gasteiger partial charge in [0.25, 0.3) is 0 Å². The van der Waals surface area contributed by atoms with E-state index in [1.165, 1.54) is 11.1 Å². The average molecular weight is 1320 g/mol. The molecule has 19 rings (SSSR count). The summed E-state index contributed by atoms with van der Waals surface area (Å²) < 4.78 is 166. The first-order valence-electron chi connectivity index (χ1n) is 42.8. The van der Waals surface area contributed by atoms with E-state index in [9.17, 15) is 19.2 Å². The summed E-state index contributed by atoms with van der Waals surface area (Å²) in [6.07, 6.45) is 0. The van der Waals surface area contributed by atoms with Crippen LogP contribution in [-0.4, -0.2) is 20.4 Å². The SMILES string of the molecule is [2H]c1c([2H])c([2H])c2c(c1[2H])c1c([2H])c([2H])c([2H])c([2H])c1n2-c1ccc2c(c1)C1(c3ccccc3Oc3ccccc31)c1cc(-n3c4c([2H])c([2H])c([2H])c([2H])c4c4c([2H])c([2H])c([2H])c([2H])c43)cc3c1B2c1ccc(-n2c4ccc(C(C)(C)C)cc4c4cc(C(C)(C)C)ccc42)cc1N3c1ccc(C(C)(C)C)cc1-c1cccc(C(C)(C)C)c1. The van der Waals surface area contributed by atoms with E-state index in [0.29, 0.717) is 39.4 Å². The lowest BCUT2D eigenvalue weighted by Gasteiger charge is -2.50. The number of fused-ring (bicyclic) bond motifs is 19. The lowest BCUT2D eigenvalue weighted by atomic mass is 9.29. The Hall–Kier alpha value is -11.1. The molecule has 0 bridgehead atoms. The molecule has 13 aromatic carbocycles. The van der Waals surface area contributed by atoms with Crippen LogP contribution in [0.5, 0.6) is 11.5 Å². The fraction of sp³-hybridized carbons (Fsp3) is 0.179. The summed E-state index contributed by atoms with van der Waals surface area (Å²) >= 11 is 0. The highest BCUT2D eigenvalue weighted by Gasteiger charge is 2.55. The molecule has 3 aliphatic heterocycles. The molecule has 101 heavy (non-hydrogen) atoms. The van der Waals surface area contributed by atoms with E-state index in [2.05, 4.69) is 190 Å². The van der Waals surface area contributed by atoms with Crippen LogP contribution in [0.25, 0.3) is 93.6 Å². The van der Waals surface area contributed by atoms with Gasteiger partial charge in [-0.05, 0) is 181 Å². The number of benzene rings is 13. The third kappa shape index (κ3) is 8.95. The van der Waals surface area contributed by atoms with Gasteiger partial charge in [-0.3, -0.25) is 0 Å². The molecular formula is C95H81BN4O. The van der Waals surface area contributed by atoms with E-state index in [-0.39, 0.29) is 76.6 Å². The van der Waals surface area contributed by atoms with Crippen molar-refractivity contribution in [3.8, 4) is 39.7 Å². The van der Waals surface area contributed by atoms with E-state index in [1.54, 1.807) is 9.13 Å².